The van der Waals surface area contributed by atoms with Gasteiger partial charge in [-0.15, -0.1) is 0 Å². The van der Waals surface area contributed by atoms with Crippen LogP contribution in [0, 0.1) is 6.92 Å². The Bertz CT molecular complexity index is 886. The van der Waals surface area contributed by atoms with Crippen molar-refractivity contribution in [3.05, 3.63) is 70.8 Å². The molecule has 0 saturated heterocycles. The third-order valence-corrected chi connectivity index (χ3v) is 5.82. The molecule has 0 bridgehead atoms. The number of fused-ring (bicyclic) bond motifs is 1. The zero-order valence-electron chi connectivity index (χ0n) is 15.5. The van der Waals surface area contributed by atoms with Crippen molar-refractivity contribution in [1.29, 1.82) is 0 Å². The van der Waals surface area contributed by atoms with E-state index in [1.54, 1.807) is 12.1 Å². The standard InChI is InChI=1S/C22H24N2O2/c1-15-8-7-11-17-14-22(13-12-18(15)17)21(2,3)26-20(24-22)23-19(25)16-9-5-4-6-10-16/h4-11H,12-14H2,1-3H3,(H,23,24,25). The maximum absolute atomic E-state index is 12.5. The molecule has 1 atom stereocenters. The minimum absolute atomic E-state index is 0.191. The molecule has 1 aliphatic carbocycles. The van der Waals surface area contributed by atoms with E-state index in [1.165, 1.54) is 16.7 Å². The molecule has 134 valence electrons. The lowest BCUT2D eigenvalue weighted by molar-refractivity contribution is 0.0335. The number of hydrogen-bond acceptors (Lipinski definition) is 3. The van der Waals surface area contributed by atoms with Crippen molar-refractivity contribution in [2.45, 2.75) is 51.2 Å². The summed E-state index contributed by atoms with van der Waals surface area (Å²) in [5.74, 6) is -0.191. The van der Waals surface area contributed by atoms with Crippen LogP contribution in [0.5, 0.6) is 0 Å². The molecular formula is C22H24N2O2. The van der Waals surface area contributed by atoms with Crippen LogP contribution in [0.25, 0.3) is 0 Å². The number of rotatable bonds is 1. The predicted molar refractivity (Wildman–Crippen MR) is 102 cm³/mol. The van der Waals surface area contributed by atoms with E-state index in [0.29, 0.717) is 11.6 Å². The second kappa shape index (κ2) is 5.97. The Kier molecular flexibility index (Phi) is 3.87. The average molecular weight is 348 g/mol. The van der Waals surface area contributed by atoms with Crippen LogP contribution in [0.4, 0.5) is 0 Å². The van der Waals surface area contributed by atoms with Crippen molar-refractivity contribution in [2.75, 3.05) is 0 Å². The first kappa shape index (κ1) is 16.8. The van der Waals surface area contributed by atoms with Gasteiger partial charge in [-0.25, -0.2) is 4.99 Å². The molecule has 1 amide bonds. The van der Waals surface area contributed by atoms with E-state index < -0.39 is 5.60 Å². The molecule has 1 spiro atoms. The summed E-state index contributed by atoms with van der Waals surface area (Å²) in [7, 11) is 0. The third kappa shape index (κ3) is 2.70. The first-order chi connectivity index (χ1) is 12.4. The Morgan fingerprint density at radius 3 is 2.65 bits per heavy atom. The first-order valence-electron chi connectivity index (χ1n) is 9.13. The van der Waals surface area contributed by atoms with Crippen LogP contribution in [0.15, 0.2) is 53.5 Å². The Balaban J connectivity index is 1.61. The predicted octanol–water partition coefficient (Wildman–Crippen LogP) is 3.82. The summed E-state index contributed by atoms with van der Waals surface area (Å²) >= 11 is 0. The number of carbonyl (C=O) groups excluding carboxylic acids is 1. The second-order valence-corrected chi connectivity index (χ2v) is 7.77. The number of nitrogens with one attached hydrogen (secondary N) is 1. The number of aliphatic imine (C=N–C) groups is 1. The Hall–Kier alpha value is -2.62. The molecule has 4 rings (SSSR count). The third-order valence-electron chi connectivity index (χ3n) is 5.82. The highest BCUT2D eigenvalue weighted by Crippen LogP contribution is 2.45. The SMILES string of the molecule is Cc1cccc2c1CCC1(C2)N=C(NC(=O)c2ccccc2)OC1(C)C. The number of nitrogens with zero attached hydrogens (tertiary/aromatic N) is 1. The van der Waals surface area contributed by atoms with Gasteiger partial charge in [0.1, 0.15) is 11.1 Å². The van der Waals surface area contributed by atoms with E-state index in [9.17, 15) is 4.79 Å². The van der Waals surface area contributed by atoms with Gasteiger partial charge in [0.2, 0.25) is 0 Å². The Morgan fingerprint density at radius 2 is 1.88 bits per heavy atom. The lowest BCUT2D eigenvalue weighted by atomic mass is 9.69. The average Bonchev–Trinajstić information content (AvgIpc) is 2.85. The van der Waals surface area contributed by atoms with Crippen LogP contribution >= 0.6 is 0 Å². The summed E-state index contributed by atoms with van der Waals surface area (Å²) in [6, 6.07) is 15.9. The lowest BCUT2D eigenvalue weighted by Crippen LogP contribution is -2.50. The maximum atomic E-state index is 12.5. The van der Waals surface area contributed by atoms with Gasteiger partial charge >= 0.3 is 0 Å². The summed E-state index contributed by atoms with van der Waals surface area (Å²) in [5, 5.41) is 2.85. The number of amides is 1. The number of carbonyl (C=O) groups is 1. The number of benzene rings is 2. The van der Waals surface area contributed by atoms with Crippen LogP contribution < -0.4 is 5.32 Å². The van der Waals surface area contributed by atoms with Crippen LogP contribution in [-0.2, 0) is 17.6 Å². The van der Waals surface area contributed by atoms with Gasteiger partial charge in [-0.1, -0.05) is 36.4 Å². The van der Waals surface area contributed by atoms with E-state index in [-0.39, 0.29) is 11.4 Å². The topological polar surface area (TPSA) is 50.7 Å². The molecule has 1 heterocycles. The van der Waals surface area contributed by atoms with Gasteiger partial charge in [0.05, 0.1) is 0 Å². The Labute approximate surface area is 154 Å². The summed E-state index contributed by atoms with van der Waals surface area (Å²) in [5.41, 5.74) is 3.91. The van der Waals surface area contributed by atoms with Gasteiger partial charge in [-0.2, -0.15) is 0 Å². The smallest absolute Gasteiger partial charge is 0.293 e. The number of amidine groups is 1. The van der Waals surface area contributed by atoms with E-state index in [2.05, 4.69) is 44.3 Å². The monoisotopic (exact) mass is 348 g/mol. The van der Waals surface area contributed by atoms with E-state index in [1.807, 2.05) is 18.2 Å². The molecule has 1 unspecified atom stereocenters. The highest BCUT2D eigenvalue weighted by molar-refractivity contribution is 6.04. The minimum Gasteiger partial charge on any atom is -0.456 e. The summed E-state index contributed by atoms with van der Waals surface area (Å²) in [6.45, 7) is 6.31. The van der Waals surface area contributed by atoms with Crippen molar-refractivity contribution in [1.82, 2.24) is 5.32 Å². The molecule has 1 aliphatic heterocycles. The molecule has 4 heteroatoms. The molecule has 0 aromatic heterocycles. The molecule has 4 nitrogen and oxygen atoms in total. The Morgan fingerprint density at radius 1 is 1.12 bits per heavy atom. The summed E-state index contributed by atoms with van der Waals surface area (Å²) < 4.78 is 6.10. The fraction of sp³-hybridized carbons (Fsp3) is 0.364. The maximum Gasteiger partial charge on any atom is 0.293 e. The van der Waals surface area contributed by atoms with Gasteiger partial charge in [0.25, 0.3) is 11.9 Å². The molecule has 0 saturated carbocycles. The molecule has 2 aromatic carbocycles. The van der Waals surface area contributed by atoms with Crippen molar-refractivity contribution in [3.8, 4) is 0 Å². The van der Waals surface area contributed by atoms with Crippen molar-refractivity contribution >= 4 is 11.9 Å². The highest BCUT2D eigenvalue weighted by atomic mass is 16.5. The first-order valence-corrected chi connectivity index (χ1v) is 9.13. The number of aryl methyl sites for hydroxylation is 1. The fourth-order valence-corrected chi connectivity index (χ4v) is 4.13. The molecule has 26 heavy (non-hydrogen) atoms. The van der Waals surface area contributed by atoms with Gasteiger partial charge < -0.3 is 4.74 Å². The molecule has 2 aliphatic rings. The van der Waals surface area contributed by atoms with Crippen molar-refractivity contribution in [3.63, 3.8) is 0 Å². The van der Waals surface area contributed by atoms with E-state index in [0.717, 1.165) is 19.3 Å². The molecular weight excluding hydrogens is 324 g/mol. The van der Waals surface area contributed by atoms with E-state index in [4.69, 9.17) is 9.73 Å². The normalized spacial score (nSPS) is 23.1. The largest absolute Gasteiger partial charge is 0.456 e. The fourth-order valence-electron chi connectivity index (χ4n) is 4.13. The van der Waals surface area contributed by atoms with Gasteiger partial charge in [-0.05, 0) is 62.4 Å². The van der Waals surface area contributed by atoms with Crippen molar-refractivity contribution < 1.29 is 9.53 Å². The molecule has 0 fully saturated rings. The molecule has 2 aromatic rings. The molecule has 0 radical (unpaired) electrons. The second-order valence-electron chi connectivity index (χ2n) is 7.77. The number of hydrogen-bond donors (Lipinski definition) is 1. The van der Waals surface area contributed by atoms with Crippen LogP contribution in [0.1, 0.15) is 47.3 Å². The van der Waals surface area contributed by atoms with Crippen LogP contribution in [0.3, 0.4) is 0 Å². The van der Waals surface area contributed by atoms with Gasteiger partial charge in [0, 0.05) is 12.0 Å². The zero-order chi connectivity index (χ0) is 18.4. The van der Waals surface area contributed by atoms with E-state index >= 15 is 0 Å². The number of ether oxygens (including phenoxy) is 1. The van der Waals surface area contributed by atoms with Crippen LogP contribution in [0.2, 0.25) is 0 Å². The zero-order valence-corrected chi connectivity index (χ0v) is 15.5. The molecule has 1 N–H and O–H groups in total. The minimum atomic E-state index is -0.465. The van der Waals surface area contributed by atoms with Crippen molar-refractivity contribution in [2.24, 2.45) is 4.99 Å². The van der Waals surface area contributed by atoms with Gasteiger partial charge in [0.15, 0.2) is 0 Å². The quantitative estimate of drug-likeness (QED) is 0.852. The highest BCUT2D eigenvalue weighted by Gasteiger charge is 2.54. The van der Waals surface area contributed by atoms with Crippen LogP contribution in [-0.4, -0.2) is 23.1 Å². The summed E-state index contributed by atoms with van der Waals surface area (Å²) in [6.07, 6.45) is 2.74. The summed E-state index contributed by atoms with van der Waals surface area (Å²) in [4.78, 5) is 17.3. The van der Waals surface area contributed by atoms with Gasteiger partial charge in [-0.3, -0.25) is 10.1 Å². The lowest BCUT2D eigenvalue weighted by Gasteiger charge is -2.41.